The number of hydrogen-bond acceptors (Lipinski definition) is 4. The van der Waals surface area contributed by atoms with Crippen LogP contribution in [0.5, 0.6) is 5.75 Å². The van der Waals surface area contributed by atoms with E-state index in [1.165, 1.54) is 24.3 Å². The minimum absolute atomic E-state index is 0.0531. The van der Waals surface area contributed by atoms with E-state index in [2.05, 4.69) is 0 Å². The standard InChI is InChI=1S/C16H22FNO4S/c1-2-9-18(14-8-11-23(20,21)12-14)16(19)7-10-22-15-5-3-13(17)4-6-15/h3-6,14H,2,7-12H2,1H3. The van der Waals surface area contributed by atoms with E-state index in [1.54, 1.807) is 4.90 Å². The first-order valence-corrected chi connectivity index (χ1v) is 9.61. The molecule has 1 aromatic rings. The predicted molar refractivity (Wildman–Crippen MR) is 85.6 cm³/mol. The summed E-state index contributed by atoms with van der Waals surface area (Å²) in [7, 11) is -3.02. The minimum atomic E-state index is -3.02. The van der Waals surface area contributed by atoms with Gasteiger partial charge in [-0.2, -0.15) is 0 Å². The summed E-state index contributed by atoms with van der Waals surface area (Å²) in [6, 6.07) is 5.38. The van der Waals surface area contributed by atoms with Gasteiger partial charge >= 0.3 is 0 Å². The lowest BCUT2D eigenvalue weighted by atomic mass is 10.2. The SMILES string of the molecule is CCCN(C(=O)CCOc1ccc(F)cc1)C1CCS(=O)(=O)C1. The van der Waals surface area contributed by atoms with E-state index in [1.807, 2.05) is 6.92 Å². The van der Waals surface area contributed by atoms with Crippen molar-refractivity contribution in [2.45, 2.75) is 32.2 Å². The second kappa shape index (κ2) is 7.77. The summed E-state index contributed by atoms with van der Waals surface area (Å²) in [5.74, 6) is 0.264. The molecule has 1 atom stereocenters. The largest absolute Gasteiger partial charge is 0.493 e. The Kier molecular flexibility index (Phi) is 5.98. The highest BCUT2D eigenvalue weighted by molar-refractivity contribution is 7.91. The molecular formula is C16H22FNO4S. The molecule has 2 rings (SSSR count). The van der Waals surface area contributed by atoms with Crippen LogP contribution in [0, 0.1) is 5.82 Å². The smallest absolute Gasteiger partial charge is 0.226 e. The number of ether oxygens (including phenoxy) is 1. The topological polar surface area (TPSA) is 63.7 Å². The molecule has 0 aliphatic carbocycles. The molecule has 0 aromatic heterocycles. The predicted octanol–water partition coefficient (Wildman–Crippen LogP) is 2.02. The number of amides is 1. The van der Waals surface area contributed by atoms with Gasteiger partial charge in [-0.1, -0.05) is 6.92 Å². The first-order chi connectivity index (χ1) is 10.9. The maximum absolute atomic E-state index is 12.8. The molecule has 1 amide bonds. The average molecular weight is 343 g/mol. The Hall–Kier alpha value is -1.63. The van der Waals surface area contributed by atoms with Crippen molar-refractivity contribution in [3.63, 3.8) is 0 Å². The third-order valence-electron chi connectivity index (χ3n) is 3.83. The fourth-order valence-electron chi connectivity index (χ4n) is 2.70. The van der Waals surface area contributed by atoms with Gasteiger partial charge in [-0.05, 0) is 37.1 Å². The van der Waals surface area contributed by atoms with Gasteiger partial charge in [0.2, 0.25) is 5.91 Å². The summed E-state index contributed by atoms with van der Waals surface area (Å²) in [5, 5.41) is 0. The van der Waals surface area contributed by atoms with Crippen LogP contribution in [0.2, 0.25) is 0 Å². The van der Waals surface area contributed by atoms with Crippen LogP contribution in [0.3, 0.4) is 0 Å². The van der Waals surface area contributed by atoms with Crippen molar-refractivity contribution in [1.82, 2.24) is 4.90 Å². The number of sulfone groups is 1. The lowest BCUT2D eigenvalue weighted by Crippen LogP contribution is -2.42. The van der Waals surface area contributed by atoms with E-state index in [0.717, 1.165) is 6.42 Å². The molecule has 1 aliphatic heterocycles. The van der Waals surface area contributed by atoms with Gasteiger partial charge in [0.05, 0.1) is 24.5 Å². The molecule has 1 heterocycles. The Morgan fingerprint density at radius 2 is 2.04 bits per heavy atom. The van der Waals surface area contributed by atoms with Crippen molar-refractivity contribution in [2.75, 3.05) is 24.7 Å². The molecule has 23 heavy (non-hydrogen) atoms. The van der Waals surface area contributed by atoms with E-state index in [9.17, 15) is 17.6 Å². The molecule has 0 N–H and O–H groups in total. The number of carbonyl (C=O) groups excluding carboxylic acids is 1. The van der Waals surface area contributed by atoms with Gasteiger partial charge in [0.15, 0.2) is 9.84 Å². The molecule has 0 saturated carbocycles. The summed E-state index contributed by atoms with van der Waals surface area (Å²) in [6.07, 6.45) is 1.46. The third-order valence-corrected chi connectivity index (χ3v) is 5.58. The Bertz CT molecular complexity index is 630. The zero-order valence-electron chi connectivity index (χ0n) is 13.2. The molecule has 1 fully saturated rings. The monoisotopic (exact) mass is 343 g/mol. The molecule has 5 nitrogen and oxygen atoms in total. The lowest BCUT2D eigenvalue weighted by Gasteiger charge is -2.28. The molecule has 7 heteroatoms. The molecule has 0 spiro atoms. The number of rotatable bonds is 7. The highest BCUT2D eigenvalue weighted by atomic mass is 32.2. The van der Waals surface area contributed by atoms with E-state index in [4.69, 9.17) is 4.74 Å². The van der Waals surface area contributed by atoms with Crippen LogP contribution in [0.25, 0.3) is 0 Å². The highest BCUT2D eigenvalue weighted by Crippen LogP contribution is 2.19. The first-order valence-electron chi connectivity index (χ1n) is 7.79. The summed E-state index contributed by atoms with van der Waals surface area (Å²) in [6.45, 7) is 2.69. The van der Waals surface area contributed by atoms with Crippen molar-refractivity contribution < 1.29 is 22.3 Å². The van der Waals surface area contributed by atoms with Crippen LogP contribution in [0.15, 0.2) is 24.3 Å². The van der Waals surface area contributed by atoms with Crippen molar-refractivity contribution in [3.8, 4) is 5.75 Å². The van der Waals surface area contributed by atoms with E-state index in [-0.39, 0.29) is 42.3 Å². The second-order valence-electron chi connectivity index (χ2n) is 5.70. The van der Waals surface area contributed by atoms with Gasteiger partial charge in [0, 0.05) is 12.6 Å². The van der Waals surface area contributed by atoms with E-state index in [0.29, 0.717) is 18.7 Å². The van der Waals surface area contributed by atoms with Crippen LogP contribution in [0.4, 0.5) is 4.39 Å². The van der Waals surface area contributed by atoms with Gasteiger partial charge in [-0.25, -0.2) is 12.8 Å². The normalized spacial score (nSPS) is 19.5. The van der Waals surface area contributed by atoms with Crippen molar-refractivity contribution in [1.29, 1.82) is 0 Å². The van der Waals surface area contributed by atoms with Gasteiger partial charge in [-0.3, -0.25) is 4.79 Å². The molecule has 1 unspecified atom stereocenters. The van der Waals surface area contributed by atoms with Crippen molar-refractivity contribution >= 4 is 15.7 Å². The maximum Gasteiger partial charge on any atom is 0.226 e. The zero-order chi connectivity index (χ0) is 16.9. The fraction of sp³-hybridized carbons (Fsp3) is 0.562. The Morgan fingerprint density at radius 3 is 2.61 bits per heavy atom. The van der Waals surface area contributed by atoms with Gasteiger partial charge in [-0.15, -0.1) is 0 Å². The minimum Gasteiger partial charge on any atom is -0.493 e. The molecule has 1 aliphatic rings. The molecule has 1 saturated heterocycles. The van der Waals surface area contributed by atoms with Crippen molar-refractivity contribution in [2.24, 2.45) is 0 Å². The zero-order valence-corrected chi connectivity index (χ0v) is 14.0. The van der Waals surface area contributed by atoms with Crippen LogP contribution in [-0.4, -0.2) is 49.9 Å². The van der Waals surface area contributed by atoms with E-state index < -0.39 is 9.84 Å². The lowest BCUT2D eigenvalue weighted by molar-refractivity contribution is -0.133. The quantitative estimate of drug-likeness (QED) is 0.760. The summed E-state index contributed by atoms with van der Waals surface area (Å²) in [4.78, 5) is 14.0. The van der Waals surface area contributed by atoms with Gasteiger partial charge in [0.1, 0.15) is 11.6 Å². The number of carbonyl (C=O) groups is 1. The number of halogens is 1. The Balaban J connectivity index is 1.87. The second-order valence-corrected chi connectivity index (χ2v) is 7.93. The average Bonchev–Trinajstić information content (AvgIpc) is 2.86. The number of nitrogens with zero attached hydrogens (tertiary/aromatic N) is 1. The molecule has 128 valence electrons. The number of benzene rings is 1. The summed E-state index contributed by atoms with van der Waals surface area (Å²) in [5.41, 5.74) is 0. The Morgan fingerprint density at radius 1 is 1.35 bits per heavy atom. The van der Waals surface area contributed by atoms with Crippen LogP contribution >= 0.6 is 0 Å². The molecule has 0 radical (unpaired) electrons. The number of hydrogen-bond donors (Lipinski definition) is 0. The molecule has 0 bridgehead atoms. The summed E-state index contributed by atoms with van der Waals surface area (Å²) >= 11 is 0. The van der Waals surface area contributed by atoms with Crippen LogP contribution in [0.1, 0.15) is 26.2 Å². The van der Waals surface area contributed by atoms with Gasteiger partial charge in [0.25, 0.3) is 0 Å². The van der Waals surface area contributed by atoms with Crippen LogP contribution in [-0.2, 0) is 14.6 Å². The fourth-order valence-corrected chi connectivity index (χ4v) is 4.43. The van der Waals surface area contributed by atoms with Crippen molar-refractivity contribution in [3.05, 3.63) is 30.1 Å². The molecular weight excluding hydrogens is 321 g/mol. The first kappa shape index (κ1) is 17.7. The summed E-state index contributed by atoms with van der Waals surface area (Å²) < 4.78 is 41.4. The van der Waals surface area contributed by atoms with Crippen LogP contribution < -0.4 is 4.74 Å². The highest BCUT2D eigenvalue weighted by Gasteiger charge is 2.33. The van der Waals surface area contributed by atoms with E-state index >= 15 is 0 Å². The Labute approximate surface area is 136 Å². The molecule has 1 aromatic carbocycles. The third kappa shape index (κ3) is 5.20. The maximum atomic E-state index is 12.8. The van der Waals surface area contributed by atoms with Gasteiger partial charge < -0.3 is 9.64 Å².